The summed E-state index contributed by atoms with van der Waals surface area (Å²) in [7, 11) is 0. The topological polar surface area (TPSA) is 98.7 Å². The summed E-state index contributed by atoms with van der Waals surface area (Å²) in [5.41, 5.74) is 0. The minimum atomic E-state index is -4.46. The molecule has 0 spiro atoms. The van der Waals surface area contributed by atoms with Crippen molar-refractivity contribution >= 4 is 35.0 Å². The number of nitrogens with one attached hydrogen (secondary N) is 1. The molecule has 0 aromatic carbocycles. The van der Waals surface area contributed by atoms with E-state index in [1.807, 2.05) is 29.0 Å². The third-order valence-electron chi connectivity index (χ3n) is 3.17. The number of aromatic nitrogens is 5. The lowest BCUT2D eigenvalue weighted by molar-refractivity contribution is -0.130. The monoisotopic (exact) mass is 418 g/mol. The third-order valence-corrected chi connectivity index (χ3v) is 5.00. The maximum absolute atomic E-state index is 12.3. The van der Waals surface area contributed by atoms with Crippen molar-refractivity contribution in [3.63, 3.8) is 0 Å². The van der Waals surface area contributed by atoms with Gasteiger partial charge in [0.2, 0.25) is 11.8 Å². The minimum absolute atomic E-state index is 0.0421. The lowest BCUT2D eigenvalue weighted by atomic mass is 10.4. The van der Waals surface area contributed by atoms with Crippen LogP contribution in [0.15, 0.2) is 27.1 Å². The van der Waals surface area contributed by atoms with E-state index in [1.165, 1.54) is 11.3 Å². The quantitative estimate of drug-likeness (QED) is 0.588. The number of thioether (sulfide) groups is 1. The molecule has 27 heavy (non-hydrogen) atoms. The van der Waals surface area contributed by atoms with Crippen LogP contribution in [0.2, 0.25) is 0 Å². The number of thiophene rings is 1. The predicted molar refractivity (Wildman–Crippen MR) is 92.4 cm³/mol. The Morgan fingerprint density at radius 2 is 2.15 bits per heavy atom. The number of hydrogen-bond donors (Lipinski definition) is 1. The second-order valence-electron chi connectivity index (χ2n) is 5.16. The van der Waals surface area contributed by atoms with Crippen LogP contribution in [-0.2, 0) is 17.8 Å². The molecule has 144 valence electrons. The predicted octanol–water partition coefficient (Wildman–Crippen LogP) is 3.25. The molecule has 0 aliphatic heterocycles. The molecule has 0 radical (unpaired) electrons. The van der Waals surface area contributed by atoms with Gasteiger partial charge in [0.05, 0.1) is 10.6 Å². The zero-order valence-electron chi connectivity index (χ0n) is 13.9. The molecule has 3 heterocycles. The molecule has 0 fully saturated rings. The van der Waals surface area contributed by atoms with Gasteiger partial charge < -0.3 is 8.98 Å². The first-order valence-corrected chi connectivity index (χ1v) is 9.51. The van der Waals surface area contributed by atoms with Gasteiger partial charge >= 0.3 is 12.2 Å². The molecule has 3 aromatic rings. The summed E-state index contributed by atoms with van der Waals surface area (Å²) in [5, 5.41) is 19.6. The van der Waals surface area contributed by atoms with Crippen molar-refractivity contribution in [2.45, 2.75) is 31.2 Å². The Morgan fingerprint density at radius 3 is 2.81 bits per heavy atom. The Bertz CT molecular complexity index is 906. The van der Waals surface area contributed by atoms with Gasteiger partial charge in [0, 0.05) is 6.54 Å². The molecule has 1 N–H and O–H groups in total. The van der Waals surface area contributed by atoms with E-state index in [-0.39, 0.29) is 11.8 Å². The van der Waals surface area contributed by atoms with Crippen LogP contribution in [0.4, 0.5) is 19.2 Å². The van der Waals surface area contributed by atoms with Crippen LogP contribution in [0.1, 0.15) is 12.8 Å². The van der Waals surface area contributed by atoms with Gasteiger partial charge in [-0.2, -0.15) is 13.2 Å². The molecular formula is C14H13F3N6O2S2. The van der Waals surface area contributed by atoms with Crippen molar-refractivity contribution in [1.29, 1.82) is 0 Å². The molecule has 0 bridgehead atoms. The van der Waals surface area contributed by atoms with E-state index in [2.05, 4.69) is 25.7 Å². The van der Waals surface area contributed by atoms with Crippen molar-refractivity contribution in [2.24, 2.45) is 0 Å². The minimum Gasteiger partial charge on any atom is -0.407 e. The van der Waals surface area contributed by atoms with Crippen LogP contribution in [-0.4, -0.2) is 42.8 Å². The Balaban J connectivity index is 1.58. The summed E-state index contributed by atoms with van der Waals surface area (Å²) in [5.74, 6) is -0.453. The van der Waals surface area contributed by atoms with Crippen LogP contribution < -0.4 is 5.32 Å². The molecule has 0 saturated carbocycles. The third kappa shape index (κ3) is 5.07. The molecular weight excluding hydrogens is 405 g/mol. The van der Waals surface area contributed by atoms with E-state index >= 15 is 0 Å². The first-order valence-electron chi connectivity index (χ1n) is 7.64. The van der Waals surface area contributed by atoms with Gasteiger partial charge in [0.15, 0.2) is 11.0 Å². The second-order valence-corrected chi connectivity index (χ2v) is 7.05. The number of anilines is 1. The molecule has 3 rings (SSSR count). The normalized spacial score (nSPS) is 11.7. The first kappa shape index (κ1) is 19.4. The van der Waals surface area contributed by atoms with Gasteiger partial charge in [0.25, 0.3) is 0 Å². The zero-order valence-corrected chi connectivity index (χ0v) is 15.5. The molecule has 0 atom stereocenters. The largest absolute Gasteiger partial charge is 0.407 e. The van der Waals surface area contributed by atoms with Gasteiger partial charge in [-0.3, -0.25) is 10.1 Å². The van der Waals surface area contributed by atoms with Crippen LogP contribution in [0.5, 0.6) is 0 Å². The smallest absolute Gasteiger partial charge is 0.397 e. The van der Waals surface area contributed by atoms with Crippen molar-refractivity contribution < 1.29 is 22.4 Å². The highest BCUT2D eigenvalue weighted by Crippen LogP contribution is 2.27. The van der Waals surface area contributed by atoms with E-state index in [0.29, 0.717) is 17.5 Å². The average molecular weight is 418 g/mol. The highest BCUT2D eigenvalue weighted by atomic mass is 32.2. The molecule has 0 unspecified atom stereocenters. The van der Waals surface area contributed by atoms with Crippen molar-refractivity contribution in [2.75, 3.05) is 11.1 Å². The van der Waals surface area contributed by atoms with Crippen LogP contribution in [0, 0.1) is 0 Å². The molecule has 13 heteroatoms. The fraction of sp³-hybridized carbons (Fsp3) is 0.357. The van der Waals surface area contributed by atoms with E-state index in [4.69, 9.17) is 4.42 Å². The van der Waals surface area contributed by atoms with Gasteiger partial charge in [-0.25, -0.2) is 0 Å². The molecule has 0 saturated heterocycles. The SMILES string of the molecule is CCn1c(SCC(=O)Nc2nnc(CC(F)(F)F)o2)nnc1-c1cccs1. The van der Waals surface area contributed by atoms with Gasteiger partial charge in [-0.15, -0.1) is 26.6 Å². The summed E-state index contributed by atoms with van der Waals surface area (Å²) in [6.45, 7) is 2.56. The second kappa shape index (κ2) is 8.08. The summed E-state index contributed by atoms with van der Waals surface area (Å²) < 4.78 is 43.4. The lowest BCUT2D eigenvalue weighted by Crippen LogP contribution is -2.15. The molecule has 0 aliphatic carbocycles. The number of rotatable bonds is 7. The maximum atomic E-state index is 12.3. The Hall–Kier alpha value is -2.41. The molecule has 0 aliphatic rings. The van der Waals surface area contributed by atoms with E-state index < -0.39 is 24.4 Å². The van der Waals surface area contributed by atoms with Crippen LogP contribution in [0.25, 0.3) is 10.7 Å². The zero-order chi connectivity index (χ0) is 19.4. The highest BCUT2D eigenvalue weighted by molar-refractivity contribution is 7.99. The van der Waals surface area contributed by atoms with E-state index in [9.17, 15) is 18.0 Å². The van der Waals surface area contributed by atoms with Gasteiger partial charge in [0.1, 0.15) is 6.42 Å². The highest BCUT2D eigenvalue weighted by Gasteiger charge is 2.31. The molecule has 8 nitrogen and oxygen atoms in total. The van der Waals surface area contributed by atoms with Crippen LogP contribution in [0.3, 0.4) is 0 Å². The van der Waals surface area contributed by atoms with Crippen molar-refractivity contribution in [3.8, 4) is 10.7 Å². The van der Waals surface area contributed by atoms with Crippen molar-refractivity contribution in [3.05, 3.63) is 23.4 Å². The molecule has 1 amide bonds. The van der Waals surface area contributed by atoms with E-state index in [0.717, 1.165) is 16.6 Å². The number of hydrogen-bond acceptors (Lipinski definition) is 8. The Morgan fingerprint density at radius 1 is 1.33 bits per heavy atom. The summed E-state index contributed by atoms with van der Waals surface area (Å²) >= 11 is 2.68. The number of carbonyl (C=O) groups is 1. The summed E-state index contributed by atoms with van der Waals surface area (Å²) in [6, 6.07) is 3.46. The fourth-order valence-electron chi connectivity index (χ4n) is 2.10. The standard InChI is InChI=1S/C14H13F3N6O2S2/c1-2-23-11(8-4-3-5-26-8)20-22-13(23)27-7-9(24)18-12-21-19-10(25-12)6-14(15,16)17/h3-5H,2,6-7H2,1H3,(H,18,21,24). The number of alkyl halides is 3. The summed E-state index contributed by atoms with van der Waals surface area (Å²) in [4.78, 5) is 12.9. The maximum Gasteiger partial charge on any atom is 0.397 e. The molecule has 3 aromatic heterocycles. The number of halogens is 3. The Labute approximate surface area is 159 Å². The van der Waals surface area contributed by atoms with E-state index in [1.54, 1.807) is 0 Å². The number of amides is 1. The van der Waals surface area contributed by atoms with Gasteiger partial charge in [-0.1, -0.05) is 22.9 Å². The lowest BCUT2D eigenvalue weighted by Gasteiger charge is -2.05. The average Bonchev–Trinajstić information content (AvgIpc) is 3.31. The number of nitrogens with zero attached hydrogens (tertiary/aromatic N) is 5. The van der Waals surface area contributed by atoms with Crippen molar-refractivity contribution in [1.82, 2.24) is 25.0 Å². The fourth-order valence-corrected chi connectivity index (χ4v) is 3.62. The van der Waals surface area contributed by atoms with Gasteiger partial charge in [-0.05, 0) is 18.4 Å². The first-order chi connectivity index (χ1) is 12.9. The number of carbonyl (C=O) groups excluding carboxylic acids is 1. The van der Waals surface area contributed by atoms with Crippen LogP contribution >= 0.6 is 23.1 Å². The Kier molecular flexibility index (Phi) is 5.79. The summed E-state index contributed by atoms with van der Waals surface area (Å²) in [6.07, 6.45) is -5.82.